The van der Waals surface area contributed by atoms with Gasteiger partial charge in [-0.3, -0.25) is 4.79 Å². The normalized spacial score (nSPS) is 16.4. The number of Topliss-reactive ketones (excluding diaryl/α,β-unsaturated/α-hetero) is 1. The Hall–Kier alpha value is -2.34. The van der Waals surface area contributed by atoms with E-state index in [1.54, 1.807) is 4.80 Å². The summed E-state index contributed by atoms with van der Waals surface area (Å²) in [4.78, 5) is 13.6. The maximum Gasteiger partial charge on any atom is 0.179 e. The molecule has 0 N–H and O–H groups in total. The van der Waals surface area contributed by atoms with Crippen LogP contribution in [0.3, 0.4) is 0 Å². The maximum atomic E-state index is 12.1. The fourth-order valence-corrected chi connectivity index (χ4v) is 3.61. The van der Waals surface area contributed by atoms with Gasteiger partial charge in [0.25, 0.3) is 0 Å². The highest BCUT2D eigenvalue weighted by atomic mass is 79.9. The number of hydrogen-bond donors (Lipinski definition) is 0. The van der Waals surface area contributed by atoms with Gasteiger partial charge in [0.15, 0.2) is 11.6 Å². The minimum absolute atomic E-state index is 0.115. The molecule has 4 rings (SSSR count). The lowest BCUT2D eigenvalue weighted by Gasteiger charge is -2.04. The van der Waals surface area contributed by atoms with Crippen molar-refractivity contribution in [2.24, 2.45) is 0 Å². The van der Waals surface area contributed by atoms with E-state index >= 15 is 0 Å². The predicted molar refractivity (Wildman–Crippen MR) is 93.4 cm³/mol. The van der Waals surface area contributed by atoms with E-state index in [1.165, 1.54) is 0 Å². The summed E-state index contributed by atoms with van der Waals surface area (Å²) in [5.74, 6) is 0.831. The van der Waals surface area contributed by atoms with Crippen molar-refractivity contribution in [3.05, 3.63) is 76.6 Å². The summed E-state index contributed by atoms with van der Waals surface area (Å²) in [6.07, 6.45) is 1.31. The average Bonchev–Trinajstić information content (AvgIpc) is 3.15. The lowest BCUT2D eigenvalue weighted by atomic mass is 10.0. The first-order valence-corrected chi connectivity index (χ1v) is 8.72. The molecule has 0 radical (unpaired) electrons. The van der Waals surface area contributed by atoms with E-state index in [-0.39, 0.29) is 10.6 Å². The molecule has 120 valence electrons. The molecule has 0 fully saturated rings. The topological polar surface area (TPSA) is 60.7 Å². The lowest BCUT2D eigenvalue weighted by molar-refractivity contribution is 0.100. The van der Waals surface area contributed by atoms with Crippen molar-refractivity contribution >= 4 is 21.7 Å². The summed E-state index contributed by atoms with van der Waals surface area (Å²) in [6.45, 7) is 0.600. The molecular formula is C18H15BrN4O. The Morgan fingerprint density at radius 2 is 1.96 bits per heavy atom. The molecule has 0 saturated carbocycles. The zero-order valence-corrected chi connectivity index (χ0v) is 14.5. The number of halogens is 1. The number of tetrazole rings is 1. The molecule has 1 aliphatic carbocycles. The molecule has 6 heteroatoms. The van der Waals surface area contributed by atoms with Crippen LogP contribution in [0, 0.1) is 0 Å². The average molecular weight is 383 g/mol. The molecule has 2 aromatic carbocycles. The molecule has 0 aliphatic heterocycles. The third kappa shape index (κ3) is 2.89. The SMILES string of the molecule is O=C1c2cccc(Cc3nnn(Cc4ccccc4)n3)c2CC1Br. The Morgan fingerprint density at radius 3 is 2.79 bits per heavy atom. The van der Waals surface area contributed by atoms with Gasteiger partial charge in [0, 0.05) is 12.0 Å². The van der Waals surface area contributed by atoms with Gasteiger partial charge in [0.1, 0.15) is 0 Å². The third-order valence-corrected chi connectivity index (χ3v) is 4.96. The molecule has 1 heterocycles. The van der Waals surface area contributed by atoms with Crippen LogP contribution in [-0.2, 0) is 19.4 Å². The fourth-order valence-electron chi connectivity index (χ4n) is 3.04. The summed E-state index contributed by atoms with van der Waals surface area (Å²) in [6, 6.07) is 15.9. The van der Waals surface area contributed by atoms with Crippen LogP contribution < -0.4 is 0 Å². The number of rotatable bonds is 4. The summed E-state index contributed by atoms with van der Waals surface area (Å²) >= 11 is 3.45. The van der Waals surface area contributed by atoms with Crippen LogP contribution >= 0.6 is 15.9 Å². The van der Waals surface area contributed by atoms with Gasteiger partial charge >= 0.3 is 0 Å². The number of aromatic nitrogens is 4. The third-order valence-electron chi connectivity index (χ3n) is 4.22. The molecule has 0 bridgehead atoms. The minimum Gasteiger partial charge on any atom is -0.293 e. The molecule has 1 unspecified atom stereocenters. The van der Waals surface area contributed by atoms with Gasteiger partial charge < -0.3 is 0 Å². The highest BCUT2D eigenvalue weighted by molar-refractivity contribution is 9.10. The van der Waals surface area contributed by atoms with Crippen molar-refractivity contribution < 1.29 is 4.79 Å². The molecule has 24 heavy (non-hydrogen) atoms. The first-order chi connectivity index (χ1) is 11.7. The Kier molecular flexibility index (Phi) is 3.98. The van der Waals surface area contributed by atoms with E-state index in [0.717, 1.165) is 28.7 Å². The fraction of sp³-hybridized carbons (Fsp3) is 0.222. The molecule has 1 aliphatic rings. The van der Waals surface area contributed by atoms with Crippen LogP contribution in [0.15, 0.2) is 48.5 Å². The van der Waals surface area contributed by atoms with Crippen molar-refractivity contribution in [3.63, 3.8) is 0 Å². The Morgan fingerprint density at radius 1 is 1.12 bits per heavy atom. The van der Waals surface area contributed by atoms with Crippen LogP contribution in [0.25, 0.3) is 0 Å². The van der Waals surface area contributed by atoms with E-state index < -0.39 is 0 Å². The van der Waals surface area contributed by atoms with Crippen LogP contribution in [0.1, 0.15) is 32.9 Å². The van der Waals surface area contributed by atoms with Crippen molar-refractivity contribution in [1.82, 2.24) is 20.2 Å². The molecule has 0 amide bonds. The molecule has 5 nitrogen and oxygen atoms in total. The first kappa shape index (κ1) is 15.2. The standard InChI is InChI=1S/C18H15BrN4O/c19-16-10-15-13(7-4-8-14(15)18(16)24)9-17-20-22-23(21-17)11-12-5-2-1-3-6-12/h1-8,16H,9-11H2. The second-order valence-electron chi connectivity index (χ2n) is 5.88. The second-order valence-corrected chi connectivity index (χ2v) is 6.98. The van der Waals surface area contributed by atoms with Crippen LogP contribution in [0.2, 0.25) is 0 Å². The quantitative estimate of drug-likeness (QED) is 0.650. The molecule has 0 spiro atoms. The van der Waals surface area contributed by atoms with E-state index in [0.29, 0.717) is 18.8 Å². The van der Waals surface area contributed by atoms with E-state index in [1.807, 2.05) is 48.5 Å². The molecule has 0 saturated heterocycles. The zero-order valence-electron chi connectivity index (χ0n) is 12.9. The summed E-state index contributed by atoms with van der Waals surface area (Å²) in [5, 5.41) is 12.7. The molecule has 1 atom stereocenters. The number of carbonyl (C=O) groups is 1. The first-order valence-electron chi connectivity index (χ1n) is 7.80. The molecule has 3 aromatic rings. The van der Waals surface area contributed by atoms with Crippen molar-refractivity contribution in [2.45, 2.75) is 24.2 Å². The van der Waals surface area contributed by atoms with E-state index in [4.69, 9.17) is 0 Å². The summed E-state index contributed by atoms with van der Waals surface area (Å²) in [7, 11) is 0. The highest BCUT2D eigenvalue weighted by Crippen LogP contribution is 2.30. The number of fused-ring (bicyclic) bond motifs is 1. The predicted octanol–water partition coefficient (Wildman–Crippen LogP) is 2.81. The minimum atomic E-state index is -0.115. The smallest absolute Gasteiger partial charge is 0.179 e. The lowest BCUT2D eigenvalue weighted by Crippen LogP contribution is -2.05. The number of hydrogen-bond acceptors (Lipinski definition) is 4. The van der Waals surface area contributed by atoms with Gasteiger partial charge in [0.2, 0.25) is 0 Å². The number of ketones is 1. The molecule has 1 aromatic heterocycles. The van der Waals surface area contributed by atoms with Crippen molar-refractivity contribution in [2.75, 3.05) is 0 Å². The van der Waals surface area contributed by atoms with Gasteiger partial charge in [-0.25, -0.2) is 0 Å². The van der Waals surface area contributed by atoms with Crippen LogP contribution in [0.5, 0.6) is 0 Å². The summed E-state index contributed by atoms with van der Waals surface area (Å²) < 4.78 is 0. The van der Waals surface area contributed by atoms with Gasteiger partial charge in [-0.05, 0) is 28.3 Å². The monoisotopic (exact) mass is 382 g/mol. The van der Waals surface area contributed by atoms with Gasteiger partial charge in [0.05, 0.1) is 11.4 Å². The van der Waals surface area contributed by atoms with Gasteiger partial charge in [-0.2, -0.15) is 4.80 Å². The van der Waals surface area contributed by atoms with Gasteiger partial charge in [-0.1, -0.05) is 64.5 Å². The van der Waals surface area contributed by atoms with E-state index in [2.05, 4.69) is 31.3 Å². The van der Waals surface area contributed by atoms with Crippen LogP contribution in [-0.4, -0.2) is 30.8 Å². The second kappa shape index (κ2) is 6.28. The highest BCUT2D eigenvalue weighted by Gasteiger charge is 2.30. The maximum absolute atomic E-state index is 12.1. The van der Waals surface area contributed by atoms with E-state index in [9.17, 15) is 4.79 Å². The number of nitrogens with zero attached hydrogens (tertiary/aromatic N) is 4. The van der Waals surface area contributed by atoms with Crippen LogP contribution in [0.4, 0.5) is 0 Å². The molecular weight excluding hydrogens is 368 g/mol. The van der Waals surface area contributed by atoms with Gasteiger partial charge in [-0.15, -0.1) is 10.2 Å². The largest absolute Gasteiger partial charge is 0.293 e. The number of benzene rings is 2. The Labute approximate surface area is 147 Å². The number of alkyl halides is 1. The summed E-state index contributed by atoms with van der Waals surface area (Å²) in [5.41, 5.74) is 4.15. The Balaban J connectivity index is 1.54. The Bertz CT molecular complexity index is 891. The number of carbonyl (C=O) groups excluding carboxylic acids is 1. The zero-order chi connectivity index (χ0) is 16.5. The van der Waals surface area contributed by atoms with Crippen molar-refractivity contribution in [3.8, 4) is 0 Å². The van der Waals surface area contributed by atoms with Crippen molar-refractivity contribution in [1.29, 1.82) is 0 Å².